The SMILES string of the molecule is COC(=O)C[n+]1ccn([C@H]2CC[C@@H](C(C(N)=O)(c3ccccc3)c3ccccc3)C2)c1C. The molecule has 6 heteroatoms. The summed E-state index contributed by atoms with van der Waals surface area (Å²) in [7, 11) is 1.40. The van der Waals surface area contributed by atoms with Gasteiger partial charge in [0.15, 0.2) is 6.54 Å². The van der Waals surface area contributed by atoms with Crippen LogP contribution in [0.25, 0.3) is 0 Å². The van der Waals surface area contributed by atoms with Gasteiger partial charge >= 0.3 is 5.97 Å². The van der Waals surface area contributed by atoms with Crippen molar-refractivity contribution < 1.29 is 18.9 Å². The fourth-order valence-electron chi connectivity index (χ4n) is 5.40. The van der Waals surface area contributed by atoms with Crippen molar-refractivity contribution in [3.8, 4) is 0 Å². The number of nitrogens with zero attached hydrogens (tertiary/aromatic N) is 2. The predicted octanol–water partition coefficient (Wildman–Crippen LogP) is 3.07. The van der Waals surface area contributed by atoms with Gasteiger partial charge in [-0.25, -0.2) is 13.9 Å². The van der Waals surface area contributed by atoms with Crippen LogP contribution in [0.2, 0.25) is 0 Å². The summed E-state index contributed by atoms with van der Waals surface area (Å²) in [4.78, 5) is 25.0. The van der Waals surface area contributed by atoms with Crippen LogP contribution in [-0.2, 0) is 26.3 Å². The largest absolute Gasteiger partial charge is 0.466 e. The zero-order valence-electron chi connectivity index (χ0n) is 18.6. The first-order chi connectivity index (χ1) is 15.5. The number of benzene rings is 2. The average molecular weight is 433 g/mol. The molecule has 1 fully saturated rings. The molecular formula is C26H30N3O3+. The number of aromatic nitrogens is 2. The van der Waals surface area contributed by atoms with Crippen molar-refractivity contribution in [2.75, 3.05) is 7.11 Å². The molecule has 0 bridgehead atoms. The number of methoxy groups -OCH3 is 1. The molecule has 1 aliphatic rings. The van der Waals surface area contributed by atoms with Crippen molar-refractivity contribution in [1.82, 2.24) is 4.57 Å². The second kappa shape index (κ2) is 8.99. The highest BCUT2D eigenvalue weighted by atomic mass is 16.5. The molecule has 0 spiro atoms. The smallest absolute Gasteiger partial charge is 0.348 e. The van der Waals surface area contributed by atoms with Crippen LogP contribution in [0.3, 0.4) is 0 Å². The fraction of sp³-hybridized carbons (Fsp3) is 0.346. The van der Waals surface area contributed by atoms with E-state index in [-0.39, 0.29) is 30.4 Å². The number of hydrogen-bond acceptors (Lipinski definition) is 3. The summed E-state index contributed by atoms with van der Waals surface area (Å²) >= 11 is 0. The van der Waals surface area contributed by atoms with Crippen LogP contribution in [0.4, 0.5) is 0 Å². The lowest BCUT2D eigenvalue weighted by atomic mass is 9.64. The van der Waals surface area contributed by atoms with Gasteiger partial charge in [-0.15, -0.1) is 0 Å². The predicted molar refractivity (Wildman–Crippen MR) is 121 cm³/mol. The molecule has 3 aromatic rings. The quantitative estimate of drug-likeness (QED) is 0.460. The third-order valence-electron chi connectivity index (χ3n) is 6.98. The van der Waals surface area contributed by atoms with E-state index in [1.807, 2.05) is 84.5 Å². The Hall–Kier alpha value is -3.41. The molecule has 2 atom stereocenters. The second-order valence-electron chi connectivity index (χ2n) is 8.52. The Morgan fingerprint density at radius 2 is 1.66 bits per heavy atom. The monoisotopic (exact) mass is 432 g/mol. The molecule has 1 heterocycles. The maximum absolute atomic E-state index is 13.2. The van der Waals surface area contributed by atoms with Crippen LogP contribution in [0.1, 0.15) is 42.3 Å². The van der Waals surface area contributed by atoms with Gasteiger partial charge in [0.05, 0.1) is 7.11 Å². The number of ether oxygens (including phenoxy) is 1. The Morgan fingerprint density at radius 3 is 2.19 bits per heavy atom. The van der Waals surface area contributed by atoms with E-state index in [1.165, 1.54) is 7.11 Å². The highest BCUT2D eigenvalue weighted by Gasteiger charge is 2.51. The van der Waals surface area contributed by atoms with Crippen molar-refractivity contribution >= 4 is 11.9 Å². The molecule has 0 saturated heterocycles. The summed E-state index contributed by atoms with van der Waals surface area (Å²) in [5.74, 6) is 0.461. The molecule has 0 radical (unpaired) electrons. The fourth-order valence-corrected chi connectivity index (χ4v) is 5.40. The normalized spacial score (nSPS) is 18.4. The molecule has 1 amide bonds. The Kier molecular flexibility index (Phi) is 6.12. The highest BCUT2D eigenvalue weighted by molar-refractivity contribution is 5.91. The van der Waals surface area contributed by atoms with Crippen molar-refractivity contribution in [1.29, 1.82) is 0 Å². The number of rotatable bonds is 7. The number of primary amides is 1. The van der Waals surface area contributed by atoms with Gasteiger partial charge in [0.1, 0.15) is 23.9 Å². The molecule has 166 valence electrons. The number of amides is 1. The van der Waals surface area contributed by atoms with Crippen LogP contribution in [0.5, 0.6) is 0 Å². The molecule has 2 N–H and O–H groups in total. The summed E-state index contributed by atoms with van der Waals surface area (Å²) in [5, 5.41) is 0. The van der Waals surface area contributed by atoms with E-state index in [2.05, 4.69) is 4.57 Å². The third-order valence-corrected chi connectivity index (χ3v) is 6.98. The summed E-state index contributed by atoms with van der Waals surface area (Å²) < 4.78 is 8.92. The van der Waals surface area contributed by atoms with Crippen LogP contribution in [-0.4, -0.2) is 23.6 Å². The van der Waals surface area contributed by atoms with E-state index < -0.39 is 5.41 Å². The lowest BCUT2D eigenvalue weighted by Gasteiger charge is -2.37. The van der Waals surface area contributed by atoms with Crippen LogP contribution >= 0.6 is 0 Å². The van der Waals surface area contributed by atoms with Gasteiger partial charge in [0.2, 0.25) is 5.91 Å². The minimum Gasteiger partial charge on any atom is -0.466 e. The summed E-state index contributed by atoms with van der Waals surface area (Å²) in [5.41, 5.74) is 7.19. The van der Waals surface area contributed by atoms with Crippen molar-refractivity contribution in [2.24, 2.45) is 11.7 Å². The van der Waals surface area contributed by atoms with Crippen molar-refractivity contribution in [3.63, 3.8) is 0 Å². The molecule has 0 unspecified atom stereocenters. The first-order valence-corrected chi connectivity index (χ1v) is 11.0. The lowest BCUT2D eigenvalue weighted by molar-refractivity contribution is -0.691. The Morgan fingerprint density at radius 1 is 1.06 bits per heavy atom. The van der Waals surface area contributed by atoms with Crippen molar-refractivity contribution in [2.45, 2.75) is 44.2 Å². The maximum Gasteiger partial charge on any atom is 0.348 e. The molecular weight excluding hydrogens is 402 g/mol. The number of carbonyl (C=O) groups excluding carboxylic acids is 2. The van der Waals surface area contributed by atoms with E-state index in [0.717, 1.165) is 36.2 Å². The van der Waals surface area contributed by atoms with Crippen LogP contribution in [0, 0.1) is 12.8 Å². The van der Waals surface area contributed by atoms with Gasteiger partial charge in [0.25, 0.3) is 5.82 Å². The second-order valence-corrected chi connectivity index (χ2v) is 8.52. The van der Waals surface area contributed by atoms with Gasteiger partial charge in [0, 0.05) is 6.92 Å². The minimum atomic E-state index is -0.889. The van der Waals surface area contributed by atoms with E-state index in [4.69, 9.17) is 10.5 Å². The minimum absolute atomic E-state index is 0.0608. The standard InChI is InChI=1S/C26H29N3O3/c1-19-28(18-24(30)32-2)15-16-29(19)23-14-13-22(17-23)26(25(27)31,20-9-5-3-6-10-20)21-11-7-4-8-12-21/h3-12,15-16,22-23H,13-14,17-18H2,1-2H3,(H-,27,31)/p+1/t22-,23+/m1/s1. The molecule has 2 aromatic carbocycles. The first-order valence-electron chi connectivity index (χ1n) is 11.0. The molecule has 4 rings (SSSR count). The third kappa shape index (κ3) is 3.70. The maximum atomic E-state index is 13.2. The van der Waals surface area contributed by atoms with E-state index in [1.54, 1.807) is 0 Å². The van der Waals surface area contributed by atoms with E-state index in [9.17, 15) is 9.59 Å². The molecule has 1 aliphatic carbocycles. The van der Waals surface area contributed by atoms with Crippen LogP contribution < -0.4 is 10.3 Å². The molecule has 1 aromatic heterocycles. The van der Waals surface area contributed by atoms with E-state index >= 15 is 0 Å². The zero-order valence-corrected chi connectivity index (χ0v) is 18.6. The number of esters is 1. The highest BCUT2D eigenvalue weighted by Crippen LogP contribution is 2.49. The summed E-state index contributed by atoms with van der Waals surface area (Å²) in [6.45, 7) is 2.19. The zero-order chi connectivity index (χ0) is 22.7. The Balaban J connectivity index is 1.71. The Labute approximate surface area is 188 Å². The number of hydrogen-bond donors (Lipinski definition) is 1. The first kappa shape index (κ1) is 21.8. The molecule has 1 saturated carbocycles. The average Bonchev–Trinajstić information content (AvgIpc) is 3.43. The summed E-state index contributed by atoms with van der Waals surface area (Å²) in [6, 6.07) is 20.1. The number of nitrogens with two attached hydrogens (primary N) is 1. The number of carbonyl (C=O) groups is 2. The van der Waals surface area contributed by atoms with E-state index in [0.29, 0.717) is 0 Å². The van der Waals surface area contributed by atoms with Gasteiger partial charge in [-0.05, 0) is 36.3 Å². The number of imidazole rings is 1. The lowest BCUT2D eigenvalue weighted by Crippen LogP contribution is -2.47. The topological polar surface area (TPSA) is 78.2 Å². The molecule has 0 aliphatic heterocycles. The van der Waals surface area contributed by atoms with Gasteiger partial charge in [-0.1, -0.05) is 60.7 Å². The molecule has 32 heavy (non-hydrogen) atoms. The molecule has 6 nitrogen and oxygen atoms in total. The Bertz CT molecular complexity index is 1050. The van der Waals surface area contributed by atoms with Crippen LogP contribution in [0.15, 0.2) is 73.1 Å². The van der Waals surface area contributed by atoms with Gasteiger partial charge < -0.3 is 10.5 Å². The van der Waals surface area contributed by atoms with Crippen molar-refractivity contribution in [3.05, 3.63) is 90.0 Å². The van der Waals surface area contributed by atoms with Gasteiger partial charge in [-0.2, -0.15) is 0 Å². The van der Waals surface area contributed by atoms with Gasteiger partial charge in [-0.3, -0.25) is 4.79 Å². The summed E-state index contributed by atoms with van der Waals surface area (Å²) in [6.07, 6.45) is 6.57.